The summed E-state index contributed by atoms with van der Waals surface area (Å²) in [5.41, 5.74) is 6.89. The van der Waals surface area contributed by atoms with Crippen molar-refractivity contribution in [3.63, 3.8) is 0 Å². The zero-order valence-electron chi connectivity index (χ0n) is 23.9. The zero-order valence-corrected chi connectivity index (χ0v) is 24.9. The molecule has 0 aromatic heterocycles. The van der Waals surface area contributed by atoms with Gasteiger partial charge in [0.25, 0.3) is 0 Å². The highest BCUT2D eigenvalue weighted by atomic mass is 31.1. The van der Waals surface area contributed by atoms with Crippen LogP contribution in [0.1, 0.15) is 60.1 Å². The van der Waals surface area contributed by atoms with Crippen molar-refractivity contribution in [1.29, 1.82) is 0 Å². The van der Waals surface area contributed by atoms with Gasteiger partial charge in [0.2, 0.25) is 0 Å². The van der Waals surface area contributed by atoms with E-state index < -0.39 is 0 Å². The van der Waals surface area contributed by atoms with E-state index in [1.807, 2.05) is 12.1 Å². The Balaban J connectivity index is 1.90. The summed E-state index contributed by atoms with van der Waals surface area (Å²) in [4.78, 5) is 4.21. The maximum atomic E-state index is 14.2. The smallest absolute Gasteiger partial charge is 0.188 e. The molecule has 0 fully saturated rings. The molecular formula is C35H39FNO2P. The van der Waals surface area contributed by atoms with Gasteiger partial charge in [-0.15, -0.1) is 0 Å². The molecule has 208 valence electrons. The van der Waals surface area contributed by atoms with Crippen LogP contribution in [0.2, 0.25) is 0 Å². The lowest BCUT2D eigenvalue weighted by Crippen LogP contribution is -2.23. The molecule has 0 bridgehead atoms. The van der Waals surface area contributed by atoms with Gasteiger partial charge in [-0.25, -0.2) is 4.39 Å². The first-order chi connectivity index (χ1) is 19.5. The van der Waals surface area contributed by atoms with Gasteiger partial charge in [-0.2, -0.15) is 0 Å². The lowest BCUT2D eigenvalue weighted by Gasteiger charge is -2.34. The summed E-state index contributed by atoms with van der Waals surface area (Å²) in [5, 5.41) is 0.850. The molecule has 0 saturated carbocycles. The highest BCUT2D eigenvalue weighted by Gasteiger charge is 2.32. The van der Waals surface area contributed by atoms with E-state index in [9.17, 15) is 4.39 Å². The monoisotopic (exact) mass is 555 g/mol. The summed E-state index contributed by atoms with van der Waals surface area (Å²) in [6.07, 6.45) is 5.30. The largest absolute Gasteiger partial charge is 0.467 e. The third-order valence-electron chi connectivity index (χ3n) is 7.07. The molecule has 5 heteroatoms. The Bertz CT molecular complexity index is 1410. The normalized spacial score (nSPS) is 13.2. The van der Waals surface area contributed by atoms with Crippen LogP contribution in [0.5, 0.6) is 5.75 Å². The number of rotatable bonds is 13. The molecule has 0 aliphatic carbocycles. The Morgan fingerprint density at radius 1 is 0.875 bits per heavy atom. The zero-order chi connectivity index (χ0) is 28.4. The van der Waals surface area contributed by atoms with Gasteiger partial charge < -0.3 is 9.47 Å². The molecule has 0 aliphatic heterocycles. The summed E-state index contributed by atoms with van der Waals surface area (Å²) >= 11 is 0. The molecule has 2 unspecified atom stereocenters. The van der Waals surface area contributed by atoms with E-state index in [0.717, 1.165) is 47.9 Å². The van der Waals surface area contributed by atoms with E-state index >= 15 is 0 Å². The number of nitrogens with zero attached hydrogens (tertiary/aromatic N) is 1. The fraction of sp³-hybridized carbons (Fsp3) is 0.286. The molecule has 0 saturated heterocycles. The van der Waals surface area contributed by atoms with Crippen LogP contribution in [0.3, 0.4) is 0 Å². The minimum Gasteiger partial charge on any atom is -0.467 e. The average Bonchev–Trinajstić information content (AvgIpc) is 2.95. The van der Waals surface area contributed by atoms with Crippen LogP contribution in [-0.2, 0) is 22.7 Å². The molecule has 0 spiro atoms. The maximum Gasteiger partial charge on any atom is 0.188 e. The maximum absolute atomic E-state index is 14.2. The molecule has 4 aromatic rings. The summed E-state index contributed by atoms with van der Waals surface area (Å²) in [6.45, 7) is 4.71. The minimum absolute atomic E-state index is 0.169. The van der Waals surface area contributed by atoms with Crippen molar-refractivity contribution in [1.82, 2.24) is 0 Å². The Morgan fingerprint density at radius 3 is 2.17 bits per heavy atom. The third-order valence-corrected chi connectivity index (χ3v) is 8.87. The Morgan fingerprint density at radius 2 is 1.55 bits per heavy atom. The SMILES string of the molecule is CCCC(C)(Pc1ccc(F)cc1/C=N/C)c1cc(Cc2ccccc2)cc(Cc2ccccc2)c1OCOC. The third kappa shape index (κ3) is 7.65. The number of benzene rings is 4. The van der Waals surface area contributed by atoms with Gasteiger partial charge in [0.1, 0.15) is 11.6 Å². The van der Waals surface area contributed by atoms with Crippen molar-refractivity contribution in [2.75, 3.05) is 21.0 Å². The summed E-state index contributed by atoms with van der Waals surface area (Å²) < 4.78 is 26.0. The van der Waals surface area contributed by atoms with E-state index in [1.165, 1.54) is 22.3 Å². The first-order valence-electron chi connectivity index (χ1n) is 13.8. The number of methoxy groups -OCH3 is 1. The van der Waals surface area contributed by atoms with Gasteiger partial charge in [-0.05, 0) is 52.5 Å². The van der Waals surface area contributed by atoms with E-state index in [0.29, 0.717) is 8.58 Å². The molecule has 3 nitrogen and oxygen atoms in total. The predicted octanol–water partition coefficient (Wildman–Crippen LogP) is 8.06. The number of hydrogen-bond acceptors (Lipinski definition) is 3. The quantitative estimate of drug-likeness (QED) is 0.0949. The second kappa shape index (κ2) is 14.3. The van der Waals surface area contributed by atoms with Gasteiger partial charge in [-0.3, -0.25) is 4.99 Å². The molecule has 4 aromatic carbocycles. The van der Waals surface area contributed by atoms with Gasteiger partial charge in [0, 0.05) is 43.1 Å². The predicted molar refractivity (Wildman–Crippen MR) is 168 cm³/mol. The van der Waals surface area contributed by atoms with E-state index in [-0.39, 0.29) is 17.8 Å². The molecule has 4 rings (SSSR count). The topological polar surface area (TPSA) is 30.8 Å². The van der Waals surface area contributed by atoms with E-state index in [4.69, 9.17) is 9.47 Å². The van der Waals surface area contributed by atoms with Crippen LogP contribution >= 0.6 is 8.58 Å². The molecule has 0 aliphatic rings. The average molecular weight is 556 g/mol. The highest BCUT2D eigenvalue weighted by molar-refractivity contribution is 7.48. The second-order valence-corrected chi connectivity index (χ2v) is 12.2. The first-order valence-corrected chi connectivity index (χ1v) is 14.8. The summed E-state index contributed by atoms with van der Waals surface area (Å²) in [5.74, 6) is 0.638. The van der Waals surface area contributed by atoms with Gasteiger partial charge >= 0.3 is 0 Å². The van der Waals surface area contributed by atoms with Crippen LogP contribution in [0, 0.1) is 5.82 Å². The Kier molecular flexibility index (Phi) is 10.6. The highest BCUT2D eigenvalue weighted by Crippen LogP contribution is 2.50. The van der Waals surface area contributed by atoms with Crippen LogP contribution in [0.25, 0.3) is 0 Å². The summed E-state index contributed by atoms with van der Waals surface area (Å²) in [7, 11) is 3.77. The van der Waals surface area contributed by atoms with Crippen molar-refractivity contribution in [3.8, 4) is 5.75 Å². The fourth-order valence-electron chi connectivity index (χ4n) is 5.29. The molecule has 2 atom stereocenters. The van der Waals surface area contributed by atoms with Crippen molar-refractivity contribution in [2.24, 2.45) is 4.99 Å². The van der Waals surface area contributed by atoms with Gasteiger partial charge in [0.15, 0.2) is 6.79 Å². The lowest BCUT2D eigenvalue weighted by molar-refractivity contribution is 0.0493. The standard InChI is InChI=1S/C35H39FNO2P/c1-5-18-35(2,40-33-17-16-31(36)23-30(33)24-37-3)32-22-28(19-26-12-8-6-9-13-26)21-29(34(32)39-25-38-4)20-27-14-10-7-11-15-27/h6-17,21-24,40H,5,18-20,25H2,1-4H3/b37-24+. The first kappa shape index (κ1) is 29.6. The Hall–Kier alpha value is -3.33. The number of ether oxygens (including phenoxy) is 2. The van der Waals surface area contributed by atoms with Crippen LogP contribution in [0.15, 0.2) is 96.0 Å². The lowest BCUT2D eigenvalue weighted by atomic mass is 9.88. The van der Waals surface area contributed by atoms with Crippen LogP contribution < -0.4 is 10.0 Å². The van der Waals surface area contributed by atoms with Gasteiger partial charge in [0.05, 0.1) is 0 Å². The number of hydrogen-bond donors (Lipinski definition) is 0. The second-order valence-electron chi connectivity index (χ2n) is 10.3. The molecule has 0 N–H and O–H groups in total. The fourth-order valence-corrected chi connectivity index (χ4v) is 7.03. The van der Waals surface area contributed by atoms with E-state index in [2.05, 4.69) is 85.6 Å². The van der Waals surface area contributed by atoms with Crippen LogP contribution in [-0.4, -0.2) is 27.2 Å². The van der Waals surface area contributed by atoms with E-state index in [1.54, 1.807) is 32.5 Å². The molecule has 0 radical (unpaired) electrons. The summed E-state index contributed by atoms with van der Waals surface area (Å²) in [6, 6.07) is 30.7. The molecule has 0 heterocycles. The van der Waals surface area contributed by atoms with Crippen molar-refractivity contribution in [3.05, 3.63) is 130 Å². The van der Waals surface area contributed by atoms with Gasteiger partial charge in [-0.1, -0.05) is 108 Å². The number of halogens is 1. The van der Waals surface area contributed by atoms with Crippen molar-refractivity contribution >= 4 is 20.1 Å². The van der Waals surface area contributed by atoms with Crippen molar-refractivity contribution < 1.29 is 13.9 Å². The number of aliphatic imine (C=N–C) groups is 1. The molecular weight excluding hydrogens is 516 g/mol. The molecule has 0 amide bonds. The van der Waals surface area contributed by atoms with Crippen LogP contribution in [0.4, 0.5) is 4.39 Å². The minimum atomic E-state index is -0.250. The Labute approximate surface area is 240 Å². The molecule has 40 heavy (non-hydrogen) atoms. The van der Waals surface area contributed by atoms with Crippen molar-refractivity contribution in [2.45, 2.75) is 44.7 Å².